The number of nitrogens with zero attached hydrogens (tertiary/aromatic N) is 5. The van der Waals surface area contributed by atoms with Crippen LogP contribution in [0, 0.1) is 11.7 Å². The van der Waals surface area contributed by atoms with Crippen molar-refractivity contribution in [1.82, 2.24) is 19.5 Å². The third-order valence-electron chi connectivity index (χ3n) is 8.95. The van der Waals surface area contributed by atoms with Crippen molar-refractivity contribution in [2.75, 3.05) is 25.2 Å². The first-order valence-corrected chi connectivity index (χ1v) is 15.8. The standard InChI is InChI=1S/C29H43N7O2.C6H5F/c1-18(30)26(34(6)31)20-13-23-25(32-16-20)22-7-8-24(36-28(2,3)14-21(37)15-29(36,4)5)33-27(22)35(23)17-19-9-11-38-12-10-19;7-6-4-2-1-3-5-6/h7-8,13,16,19,21,37H,9-12,14-15,17,30-31H2,1-6H3;1-5H/b26-18-;. The SMILES string of the molecule is C/C(N)=C(\c1cnc2c3ccc(N4C(C)(C)CC(O)CC4(C)C)nc3n(CC3CCOCC3)c2c1)N(C)N.Fc1ccccc1. The van der Waals surface area contributed by atoms with Crippen molar-refractivity contribution < 1.29 is 14.2 Å². The van der Waals surface area contributed by atoms with Gasteiger partial charge in [0.05, 0.1) is 22.8 Å². The van der Waals surface area contributed by atoms with Crippen LogP contribution >= 0.6 is 0 Å². The van der Waals surface area contributed by atoms with Gasteiger partial charge in [-0.2, -0.15) is 0 Å². The lowest BCUT2D eigenvalue weighted by Gasteiger charge is -2.55. The number of nitrogens with two attached hydrogens (primary N) is 2. The number of hydrazine groups is 1. The molecule has 0 bridgehead atoms. The second-order valence-corrected chi connectivity index (χ2v) is 13.8. The number of piperidine rings is 1. The number of hydrogen-bond donors (Lipinski definition) is 3. The minimum atomic E-state index is -0.323. The highest BCUT2D eigenvalue weighted by atomic mass is 19.1. The van der Waals surface area contributed by atoms with E-state index < -0.39 is 0 Å². The van der Waals surface area contributed by atoms with E-state index in [-0.39, 0.29) is 23.0 Å². The Bertz CT molecular complexity index is 1640. The van der Waals surface area contributed by atoms with E-state index in [0.29, 0.717) is 24.5 Å². The lowest BCUT2D eigenvalue weighted by molar-refractivity contribution is 0.0617. The lowest BCUT2D eigenvalue weighted by Crippen LogP contribution is -2.62. The van der Waals surface area contributed by atoms with E-state index in [0.717, 1.165) is 71.7 Å². The predicted octanol–water partition coefficient (Wildman–Crippen LogP) is 5.81. The van der Waals surface area contributed by atoms with Crippen molar-refractivity contribution in [2.24, 2.45) is 17.5 Å². The number of ether oxygens (including phenoxy) is 1. The number of fused-ring (bicyclic) bond motifs is 3. The number of hydrogen-bond acceptors (Lipinski definition) is 8. The summed E-state index contributed by atoms with van der Waals surface area (Å²) in [5, 5.41) is 13.2. The minimum Gasteiger partial charge on any atom is -0.401 e. The third kappa shape index (κ3) is 6.93. The summed E-state index contributed by atoms with van der Waals surface area (Å²) in [4.78, 5) is 12.6. The van der Waals surface area contributed by atoms with E-state index >= 15 is 0 Å². The molecule has 10 heteroatoms. The molecule has 0 aliphatic carbocycles. The zero-order valence-corrected chi connectivity index (χ0v) is 27.4. The Morgan fingerprint density at radius 3 is 2.27 bits per heavy atom. The molecule has 4 aromatic rings. The molecule has 2 aliphatic heterocycles. The Morgan fingerprint density at radius 1 is 1.07 bits per heavy atom. The number of aliphatic hydroxyl groups excluding tert-OH is 1. The van der Waals surface area contributed by atoms with E-state index in [4.69, 9.17) is 26.3 Å². The van der Waals surface area contributed by atoms with Gasteiger partial charge in [0.15, 0.2) is 0 Å². The van der Waals surface area contributed by atoms with Gasteiger partial charge < -0.3 is 30.1 Å². The van der Waals surface area contributed by atoms with E-state index in [1.807, 2.05) is 13.1 Å². The zero-order chi connectivity index (χ0) is 32.5. The normalized spacial score (nSPS) is 19.3. The van der Waals surface area contributed by atoms with Crippen LogP contribution in [0.3, 0.4) is 0 Å². The summed E-state index contributed by atoms with van der Waals surface area (Å²) in [6.07, 6.45) is 4.98. The molecule has 5 heterocycles. The quantitative estimate of drug-likeness (QED) is 0.190. The highest BCUT2D eigenvalue weighted by molar-refractivity contribution is 6.05. The molecular formula is C35H48FN7O2. The summed E-state index contributed by atoms with van der Waals surface area (Å²) in [5.74, 6) is 7.40. The molecule has 2 saturated heterocycles. The number of anilines is 1. The fraction of sp³-hybridized carbons (Fsp3) is 0.486. The third-order valence-corrected chi connectivity index (χ3v) is 8.95. The smallest absolute Gasteiger partial charge is 0.145 e. The average molecular weight is 618 g/mol. The number of aliphatic hydroxyl groups is 1. The molecule has 9 nitrogen and oxygen atoms in total. The number of benzene rings is 1. The number of halogens is 1. The summed E-state index contributed by atoms with van der Waals surface area (Å²) >= 11 is 0. The molecule has 0 saturated carbocycles. The van der Waals surface area contributed by atoms with Crippen molar-refractivity contribution in [3.63, 3.8) is 0 Å². The molecule has 2 fully saturated rings. The Labute approximate surface area is 265 Å². The van der Waals surface area contributed by atoms with Crippen molar-refractivity contribution >= 4 is 33.6 Å². The van der Waals surface area contributed by atoms with Crippen molar-refractivity contribution in [3.05, 3.63) is 71.8 Å². The summed E-state index contributed by atoms with van der Waals surface area (Å²) in [5.41, 5.74) is 10.9. The molecule has 3 aromatic heterocycles. The largest absolute Gasteiger partial charge is 0.401 e. The summed E-state index contributed by atoms with van der Waals surface area (Å²) in [6.45, 7) is 13.1. The van der Waals surface area contributed by atoms with Crippen LogP contribution in [-0.2, 0) is 11.3 Å². The molecule has 5 N–H and O–H groups in total. The van der Waals surface area contributed by atoms with Gasteiger partial charge in [-0.05, 0) is 96.6 Å². The lowest BCUT2D eigenvalue weighted by atomic mass is 9.78. The zero-order valence-electron chi connectivity index (χ0n) is 27.4. The van der Waals surface area contributed by atoms with Crippen LogP contribution in [0.5, 0.6) is 0 Å². The van der Waals surface area contributed by atoms with E-state index in [1.165, 1.54) is 12.1 Å². The van der Waals surface area contributed by atoms with E-state index in [1.54, 1.807) is 30.3 Å². The molecule has 6 rings (SSSR count). The number of aromatic nitrogens is 3. The molecule has 242 valence electrons. The molecule has 2 aliphatic rings. The summed E-state index contributed by atoms with van der Waals surface area (Å²) in [6, 6.07) is 14.3. The molecule has 0 unspecified atom stereocenters. The second-order valence-electron chi connectivity index (χ2n) is 13.8. The average Bonchev–Trinajstić information content (AvgIpc) is 3.24. The summed E-state index contributed by atoms with van der Waals surface area (Å²) < 4.78 is 19.9. The van der Waals surface area contributed by atoms with E-state index in [9.17, 15) is 9.50 Å². The Morgan fingerprint density at radius 2 is 1.71 bits per heavy atom. The van der Waals surface area contributed by atoms with Crippen LogP contribution in [0.1, 0.15) is 65.9 Å². The molecule has 45 heavy (non-hydrogen) atoms. The Balaban J connectivity index is 0.000000505. The maximum atomic E-state index is 11.9. The van der Waals surface area contributed by atoms with Gasteiger partial charge in [-0.15, -0.1) is 0 Å². The van der Waals surface area contributed by atoms with Gasteiger partial charge in [-0.25, -0.2) is 15.2 Å². The van der Waals surface area contributed by atoms with Crippen LogP contribution in [0.25, 0.3) is 27.8 Å². The predicted molar refractivity (Wildman–Crippen MR) is 180 cm³/mol. The minimum absolute atomic E-state index is 0.178. The highest BCUT2D eigenvalue weighted by Gasteiger charge is 2.45. The molecule has 0 atom stereocenters. The monoisotopic (exact) mass is 617 g/mol. The molecular weight excluding hydrogens is 569 g/mol. The highest BCUT2D eigenvalue weighted by Crippen LogP contribution is 2.42. The van der Waals surface area contributed by atoms with Crippen LogP contribution in [0.2, 0.25) is 0 Å². The maximum Gasteiger partial charge on any atom is 0.145 e. The summed E-state index contributed by atoms with van der Waals surface area (Å²) in [7, 11) is 1.79. The fourth-order valence-corrected chi connectivity index (χ4v) is 7.41. The van der Waals surface area contributed by atoms with Crippen LogP contribution in [0.15, 0.2) is 60.4 Å². The molecule has 0 radical (unpaired) electrons. The van der Waals surface area contributed by atoms with Crippen molar-refractivity contribution in [3.8, 4) is 0 Å². The van der Waals surface area contributed by atoms with Crippen molar-refractivity contribution in [2.45, 2.75) is 84.0 Å². The van der Waals surface area contributed by atoms with Crippen LogP contribution in [-0.4, -0.2) is 62.1 Å². The van der Waals surface area contributed by atoms with Gasteiger partial charge in [0.25, 0.3) is 0 Å². The van der Waals surface area contributed by atoms with Crippen LogP contribution < -0.4 is 16.5 Å². The van der Waals surface area contributed by atoms with Crippen molar-refractivity contribution in [1.29, 1.82) is 0 Å². The van der Waals surface area contributed by atoms with Gasteiger partial charge in [0.1, 0.15) is 17.3 Å². The molecule has 0 spiro atoms. The van der Waals surface area contributed by atoms with Gasteiger partial charge in [0.2, 0.25) is 0 Å². The number of pyridine rings is 2. The number of allylic oxidation sites excluding steroid dienone is 1. The first-order chi connectivity index (χ1) is 21.3. The molecule has 0 amide bonds. The second kappa shape index (κ2) is 12.9. The van der Waals surface area contributed by atoms with Gasteiger partial charge in [-0.3, -0.25) is 4.98 Å². The van der Waals surface area contributed by atoms with Gasteiger partial charge in [-0.1, -0.05) is 18.2 Å². The molecule has 1 aromatic carbocycles. The van der Waals surface area contributed by atoms with Gasteiger partial charge in [0, 0.05) is 60.7 Å². The Hall–Kier alpha value is -3.73. The van der Waals surface area contributed by atoms with Crippen LogP contribution in [0.4, 0.5) is 10.2 Å². The van der Waals surface area contributed by atoms with Gasteiger partial charge >= 0.3 is 0 Å². The maximum absolute atomic E-state index is 11.9. The fourth-order valence-electron chi connectivity index (χ4n) is 7.41. The first-order valence-electron chi connectivity index (χ1n) is 15.8. The van der Waals surface area contributed by atoms with E-state index in [2.05, 4.69) is 55.4 Å². The first kappa shape index (κ1) is 32.7. The Kier molecular flexibility index (Phi) is 9.39. The topological polar surface area (TPSA) is 119 Å². The number of rotatable bonds is 5.